The molecule has 2 rings (SSSR count). The van der Waals surface area contributed by atoms with Gasteiger partial charge >= 0.3 is 0 Å². The van der Waals surface area contributed by atoms with Gasteiger partial charge in [0.1, 0.15) is 18.1 Å². The van der Waals surface area contributed by atoms with Crippen LogP contribution in [0.3, 0.4) is 0 Å². The van der Waals surface area contributed by atoms with E-state index in [-0.39, 0.29) is 6.04 Å². The van der Waals surface area contributed by atoms with Crippen molar-refractivity contribution >= 4 is 24.5 Å². The topological polar surface area (TPSA) is 49.4 Å². The molecule has 2 aliphatic heterocycles. The van der Waals surface area contributed by atoms with Gasteiger partial charge in [0.05, 0.1) is 12.4 Å². The molecule has 0 saturated carbocycles. The summed E-state index contributed by atoms with van der Waals surface area (Å²) >= 11 is 0. The third-order valence-electron chi connectivity index (χ3n) is 1.18. The molecule has 2 heterocycles. The lowest BCUT2D eigenvalue weighted by Crippen LogP contribution is -2.20. The molecule has 0 fully saturated rings. The van der Waals surface area contributed by atoms with Gasteiger partial charge in [-0.3, -0.25) is 4.99 Å². The molecule has 0 amide bonds. The molecule has 44 valence electrons. The van der Waals surface area contributed by atoms with E-state index in [2.05, 4.69) is 20.2 Å². The highest BCUT2D eigenvalue weighted by atomic mass is 15.2. The van der Waals surface area contributed by atoms with Crippen LogP contribution in [0.2, 0.25) is 0 Å². The second-order valence-electron chi connectivity index (χ2n) is 1.78. The summed E-state index contributed by atoms with van der Waals surface area (Å²) in [5.74, 6) is 0. The third-order valence-corrected chi connectivity index (χ3v) is 1.18. The SMILES string of the molecule is C1=NC=NC2C=NN=C12. The Morgan fingerprint density at radius 1 is 1.44 bits per heavy atom. The first-order chi connectivity index (χ1) is 4.47. The van der Waals surface area contributed by atoms with E-state index < -0.39 is 0 Å². The zero-order valence-corrected chi connectivity index (χ0v) is 4.60. The van der Waals surface area contributed by atoms with Crippen molar-refractivity contribution in [3.05, 3.63) is 0 Å². The molecule has 4 heteroatoms. The maximum atomic E-state index is 3.99. The summed E-state index contributed by atoms with van der Waals surface area (Å²) in [4.78, 5) is 7.78. The highest BCUT2D eigenvalue weighted by Gasteiger charge is 2.15. The molecule has 4 nitrogen and oxygen atoms in total. The summed E-state index contributed by atoms with van der Waals surface area (Å²) in [6.07, 6.45) is 4.88. The van der Waals surface area contributed by atoms with E-state index in [1.165, 1.54) is 6.34 Å². The van der Waals surface area contributed by atoms with Crippen molar-refractivity contribution < 1.29 is 0 Å². The molecule has 1 unspecified atom stereocenters. The monoisotopic (exact) mass is 120 g/mol. The van der Waals surface area contributed by atoms with Gasteiger partial charge in [0.2, 0.25) is 0 Å². The van der Waals surface area contributed by atoms with Crippen molar-refractivity contribution in [2.75, 3.05) is 0 Å². The molecule has 0 aromatic heterocycles. The summed E-state index contributed by atoms with van der Waals surface area (Å²) in [6, 6.07) is 0.0440. The van der Waals surface area contributed by atoms with Gasteiger partial charge in [-0.05, 0) is 0 Å². The number of rotatable bonds is 0. The van der Waals surface area contributed by atoms with Crippen LogP contribution in [0, 0.1) is 0 Å². The van der Waals surface area contributed by atoms with E-state index in [0.29, 0.717) is 0 Å². The molecular formula is C5H4N4. The van der Waals surface area contributed by atoms with Gasteiger partial charge in [0.15, 0.2) is 0 Å². The highest BCUT2D eigenvalue weighted by Crippen LogP contribution is 2.01. The fraction of sp³-hybridized carbons (Fsp3) is 0.200. The van der Waals surface area contributed by atoms with Gasteiger partial charge in [0.25, 0.3) is 0 Å². The summed E-state index contributed by atoms with van der Waals surface area (Å²) in [5, 5.41) is 7.47. The Bertz CT molecular complexity index is 235. The third kappa shape index (κ3) is 0.595. The average Bonchev–Trinajstić information content (AvgIpc) is 2.33. The van der Waals surface area contributed by atoms with Crippen molar-refractivity contribution in [1.29, 1.82) is 0 Å². The molecule has 0 spiro atoms. The zero-order valence-electron chi connectivity index (χ0n) is 4.60. The first-order valence-electron chi connectivity index (χ1n) is 2.63. The van der Waals surface area contributed by atoms with Gasteiger partial charge in [-0.1, -0.05) is 0 Å². The average molecular weight is 120 g/mol. The second-order valence-corrected chi connectivity index (χ2v) is 1.78. The first kappa shape index (κ1) is 4.55. The molecule has 1 atom stereocenters. The molecule has 0 aliphatic carbocycles. The minimum Gasteiger partial charge on any atom is -0.258 e. The van der Waals surface area contributed by atoms with Crippen molar-refractivity contribution in [1.82, 2.24) is 0 Å². The molecular weight excluding hydrogens is 116 g/mol. The molecule has 0 radical (unpaired) electrons. The van der Waals surface area contributed by atoms with Gasteiger partial charge in [0, 0.05) is 0 Å². The fourth-order valence-electron chi connectivity index (χ4n) is 0.736. The van der Waals surface area contributed by atoms with Crippen molar-refractivity contribution in [3.63, 3.8) is 0 Å². The number of hydrogen-bond donors (Lipinski definition) is 0. The lowest BCUT2D eigenvalue weighted by molar-refractivity contribution is 1.19. The minimum absolute atomic E-state index is 0.0440. The van der Waals surface area contributed by atoms with E-state index >= 15 is 0 Å². The van der Waals surface area contributed by atoms with Crippen LogP contribution in [0.25, 0.3) is 0 Å². The highest BCUT2D eigenvalue weighted by molar-refractivity contribution is 6.39. The maximum Gasteiger partial charge on any atom is 0.134 e. The van der Waals surface area contributed by atoms with Crippen LogP contribution >= 0.6 is 0 Å². The summed E-state index contributed by atoms with van der Waals surface area (Å²) in [7, 11) is 0. The zero-order chi connectivity index (χ0) is 6.10. The molecule has 2 aliphatic rings. The lowest BCUT2D eigenvalue weighted by Gasteiger charge is -2.00. The van der Waals surface area contributed by atoms with Crippen LogP contribution in [0.15, 0.2) is 20.2 Å². The van der Waals surface area contributed by atoms with Crippen molar-refractivity contribution in [3.8, 4) is 0 Å². The van der Waals surface area contributed by atoms with Crippen LogP contribution in [0.1, 0.15) is 0 Å². The summed E-state index contributed by atoms with van der Waals surface area (Å²) in [6.45, 7) is 0. The van der Waals surface area contributed by atoms with Crippen LogP contribution < -0.4 is 0 Å². The Hall–Kier alpha value is -1.32. The Morgan fingerprint density at radius 3 is 3.33 bits per heavy atom. The predicted molar refractivity (Wildman–Crippen MR) is 36.7 cm³/mol. The van der Waals surface area contributed by atoms with Crippen LogP contribution in [0.5, 0.6) is 0 Å². The van der Waals surface area contributed by atoms with Crippen LogP contribution in [0.4, 0.5) is 0 Å². The van der Waals surface area contributed by atoms with E-state index in [9.17, 15) is 0 Å². The van der Waals surface area contributed by atoms with E-state index in [1.54, 1.807) is 12.4 Å². The Labute approximate surface area is 51.7 Å². The standard InChI is InChI=1S/C5H4N4/c1-5-4(2-8-9-5)7-3-6-1/h1-4H. The van der Waals surface area contributed by atoms with E-state index in [1.807, 2.05) is 0 Å². The number of nitrogens with zero attached hydrogens (tertiary/aromatic N) is 4. The van der Waals surface area contributed by atoms with E-state index in [0.717, 1.165) is 5.71 Å². The van der Waals surface area contributed by atoms with Gasteiger partial charge in [-0.25, -0.2) is 4.99 Å². The largest absolute Gasteiger partial charge is 0.258 e. The van der Waals surface area contributed by atoms with Crippen molar-refractivity contribution in [2.45, 2.75) is 6.04 Å². The summed E-state index contributed by atoms with van der Waals surface area (Å²) < 4.78 is 0. The summed E-state index contributed by atoms with van der Waals surface area (Å²) in [5.41, 5.74) is 0.831. The van der Waals surface area contributed by atoms with E-state index in [4.69, 9.17) is 0 Å². The maximum absolute atomic E-state index is 3.99. The van der Waals surface area contributed by atoms with Gasteiger partial charge < -0.3 is 0 Å². The Kier molecular flexibility index (Phi) is 0.798. The lowest BCUT2D eigenvalue weighted by atomic mass is 10.2. The van der Waals surface area contributed by atoms with Crippen molar-refractivity contribution in [2.24, 2.45) is 20.2 Å². The molecule has 0 aromatic rings. The molecule has 9 heavy (non-hydrogen) atoms. The quantitative estimate of drug-likeness (QED) is 0.429. The smallest absolute Gasteiger partial charge is 0.134 e. The Morgan fingerprint density at radius 2 is 2.44 bits per heavy atom. The molecule has 0 N–H and O–H groups in total. The molecule has 0 saturated heterocycles. The number of aliphatic imine (C=N–C) groups is 2. The molecule has 0 aromatic carbocycles. The molecule has 0 bridgehead atoms. The minimum atomic E-state index is 0.0440. The van der Waals surface area contributed by atoms with Crippen LogP contribution in [-0.2, 0) is 0 Å². The fourth-order valence-corrected chi connectivity index (χ4v) is 0.736. The Balaban J connectivity index is 2.40. The second kappa shape index (κ2) is 1.58. The number of fused-ring (bicyclic) bond motifs is 1. The van der Waals surface area contributed by atoms with Gasteiger partial charge in [-0.15, -0.1) is 0 Å². The number of hydrogen-bond acceptors (Lipinski definition) is 4. The van der Waals surface area contributed by atoms with Gasteiger partial charge in [-0.2, -0.15) is 10.2 Å². The van der Waals surface area contributed by atoms with Crippen LogP contribution in [-0.4, -0.2) is 30.5 Å². The first-order valence-corrected chi connectivity index (χ1v) is 2.63. The predicted octanol–water partition coefficient (Wildman–Crippen LogP) is -0.0919. The normalized spacial score (nSPS) is 28.4.